The highest BCUT2D eigenvalue weighted by molar-refractivity contribution is 5.75. The van der Waals surface area contributed by atoms with Crippen molar-refractivity contribution >= 4 is 12.4 Å². The molecule has 1 atom stereocenters. The molecule has 0 bridgehead atoms. The van der Waals surface area contributed by atoms with Gasteiger partial charge < -0.3 is 9.47 Å². The number of rotatable bonds is 8. The zero-order chi connectivity index (χ0) is 15.1. The van der Waals surface area contributed by atoms with Crippen LogP contribution in [0.15, 0.2) is 36.4 Å². The van der Waals surface area contributed by atoms with E-state index in [1.54, 1.807) is 6.92 Å². The molecule has 112 valence electrons. The summed E-state index contributed by atoms with van der Waals surface area (Å²) in [7, 11) is 0. The van der Waals surface area contributed by atoms with Crippen LogP contribution in [0.3, 0.4) is 0 Å². The lowest BCUT2D eigenvalue weighted by Crippen LogP contribution is -2.25. The van der Waals surface area contributed by atoms with Crippen molar-refractivity contribution in [2.24, 2.45) is 0 Å². The second-order valence-electron chi connectivity index (χ2n) is 4.16. The topological polar surface area (TPSA) is 52.6 Å². The Balaban J connectivity index is 0.000000493. The van der Waals surface area contributed by atoms with Crippen LogP contribution in [0.4, 0.5) is 0 Å². The maximum atomic E-state index is 11.2. The van der Waals surface area contributed by atoms with E-state index in [-0.39, 0.29) is 6.47 Å². The Hall–Kier alpha value is -1.84. The van der Waals surface area contributed by atoms with Gasteiger partial charge in [0.15, 0.2) is 6.10 Å². The van der Waals surface area contributed by atoms with Crippen LogP contribution in [0.5, 0.6) is 0 Å². The number of benzene rings is 1. The maximum absolute atomic E-state index is 11.2. The van der Waals surface area contributed by atoms with Crippen molar-refractivity contribution in [3.05, 3.63) is 36.4 Å². The second-order valence-corrected chi connectivity index (χ2v) is 4.16. The van der Waals surface area contributed by atoms with Crippen molar-refractivity contribution in [1.82, 2.24) is 0 Å². The highest BCUT2D eigenvalue weighted by Gasteiger charge is 2.18. The van der Waals surface area contributed by atoms with E-state index in [0.717, 1.165) is 19.3 Å². The molecule has 0 aliphatic heterocycles. The first kappa shape index (κ1) is 18.2. The fraction of sp³-hybridized carbons (Fsp3) is 0.500. The summed E-state index contributed by atoms with van der Waals surface area (Å²) in [5.41, 5.74) is 0. The molecule has 0 aliphatic carbocycles. The van der Waals surface area contributed by atoms with E-state index >= 15 is 0 Å². The molecule has 0 amide bonds. The first-order chi connectivity index (χ1) is 9.76. The average molecular weight is 280 g/mol. The molecule has 4 nitrogen and oxygen atoms in total. The molecule has 1 rings (SSSR count). The minimum atomic E-state index is -0.742. The fourth-order valence-corrected chi connectivity index (χ4v) is 1.39. The molecule has 0 N–H and O–H groups in total. The zero-order valence-corrected chi connectivity index (χ0v) is 12.3. The molecular weight excluding hydrogens is 256 g/mol. The third kappa shape index (κ3) is 10.1. The van der Waals surface area contributed by atoms with Gasteiger partial charge in [-0.2, -0.15) is 0 Å². The Labute approximate surface area is 121 Å². The molecule has 0 saturated heterocycles. The van der Waals surface area contributed by atoms with Crippen LogP contribution in [-0.4, -0.2) is 25.2 Å². The van der Waals surface area contributed by atoms with Gasteiger partial charge in [-0.1, -0.05) is 63.1 Å². The molecular formula is C16H24O4. The summed E-state index contributed by atoms with van der Waals surface area (Å²) >= 11 is 0. The van der Waals surface area contributed by atoms with Crippen molar-refractivity contribution < 1.29 is 19.1 Å². The first-order valence-corrected chi connectivity index (χ1v) is 7.02. The molecule has 1 unspecified atom stereocenters. The number of unbranched alkanes of at least 4 members (excludes halogenated alkanes) is 2. The number of carbonyl (C=O) groups is 2. The summed E-state index contributed by atoms with van der Waals surface area (Å²) in [6, 6.07) is 12.0. The molecule has 20 heavy (non-hydrogen) atoms. The molecule has 1 aromatic carbocycles. The van der Waals surface area contributed by atoms with Gasteiger partial charge in [0.1, 0.15) is 0 Å². The Bertz CT molecular complexity index is 311. The van der Waals surface area contributed by atoms with Gasteiger partial charge in [-0.05, 0) is 12.8 Å². The van der Waals surface area contributed by atoms with Crippen LogP contribution in [0.1, 0.15) is 39.5 Å². The number of hydrogen-bond acceptors (Lipinski definition) is 4. The number of esters is 1. The zero-order valence-electron chi connectivity index (χ0n) is 12.3. The molecule has 0 radical (unpaired) electrons. The van der Waals surface area contributed by atoms with Gasteiger partial charge in [-0.3, -0.25) is 4.79 Å². The lowest BCUT2D eigenvalue weighted by Gasteiger charge is -2.11. The molecule has 4 heteroatoms. The van der Waals surface area contributed by atoms with Crippen LogP contribution >= 0.6 is 0 Å². The van der Waals surface area contributed by atoms with E-state index in [4.69, 9.17) is 4.74 Å². The number of carbonyl (C=O) groups excluding carboxylic acids is 2. The summed E-state index contributed by atoms with van der Waals surface area (Å²) < 4.78 is 9.48. The van der Waals surface area contributed by atoms with E-state index in [2.05, 4.69) is 11.7 Å². The Morgan fingerprint density at radius 3 is 2.00 bits per heavy atom. The minimum absolute atomic E-state index is 0.279. The molecule has 0 spiro atoms. The minimum Gasteiger partial charge on any atom is -0.463 e. The standard InChI is InChI=1S/C10H18O4.C6H6/c1-3-5-6-7-13-10(12)9(4-2)14-8-11;1-2-4-6-5-3-1/h8-9H,3-7H2,1-2H3;1-6H. The summed E-state index contributed by atoms with van der Waals surface area (Å²) in [4.78, 5) is 21.2. The lowest BCUT2D eigenvalue weighted by molar-refractivity contribution is -0.161. The van der Waals surface area contributed by atoms with E-state index < -0.39 is 12.1 Å². The third-order valence-electron chi connectivity index (χ3n) is 2.51. The Morgan fingerprint density at radius 1 is 1.05 bits per heavy atom. The normalized spacial score (nSPS) is 10.7. The van der Waals surface area contributed by atoms with Crippen molar-refractivity contribution in [2.45, 2.75) is 45.6 Å². The van der Waals surface area contributed by atoms with Gasteiger partial charge >= 0.3 is 5.97 Å². The largest absolute Gasteiger partial charge is 0.463 e. The van der Waals surface area contributed by atoms with Gasteiger partial charge in [0.2, 0.25) is 0 Å². The van der Waals surface area contributed by atoms with Crippen molar-refractivity contribution in [3.63, 3.8) is 0 Å². The molecule has 0 heterocycles. The van der Waals surface area contributed by atoms with E-state index in [1.165, 1.54) is 0 Å². The predicted molar refractivity (Wildman–Crippen MR) is 78.2 cm³/mol. The van der Waals surface area contributed by atoms with Gasteiger partial charge in [0.25, 0.3) is 6.47 Å². The first-order valence-electron chi connectivity index (χ1n) is 7.02. The van der Waals surface area contributed by atoms with E-state index in [1.807, 2.05) is 36.4 Å². The van der Waals surface area contributed by atoms with Gasteiger partial charge in [0, 0.05) is 0 Å². The average Bonchev–Trinajstić information content (AvgIpc) is 2.51. The van der Waals surface area contributed by atoms with Crippen LogP contribution in [-0.2, 0) is 19.1 Å². The van der Waals surface area contributed by atoms with Gasteiger partial charge in [-0.25, -0.2) is 4.79 Å². The van der Waals surface area contributed by atoms with Crippen molar-refractivity contribution in [2.75, 3.05) is 6.61 Å². The van der Waals surface area contributed by atoms with Crippen LogP contribution in [0.25, 0.3) is 0 Å². The van der Waals surface area contributed by atoms with E-state index in [9.17, 15) is 9.59 Å². The smallest absolute Gasteiger partial charge is 0.347 e. The van der Waals surface area contributed by atoms with Gasteiger partial charge in [-0.15, -0.1) is 0 Å². The highest BCUT2D eigenvalue weighted by Crippen LogP contribution is 2.01. The maximum Gasteiger partial charge on any atom is 0.347 e. The predicted octanol–water partition coefficient (Wildman–Crippen LogP) is 3.36. The SMILES string of the molecule is CCCCCOC(=O)C(CC)OC=O.c1ccccc1. The molecule has 0 fully saturated rings. The Kier molecular flexibility index (Phi) is 12.3. The fourth-order valence-electron chi connectivity index (χ4n) is 1.39. The van der Waals surface area contributed by atoms with Crippen LogP contribution in [0.2, 0.25) is 0 Å². The monoisotopic (exact) mass is 280 g/mol. The van der Waals surface area contributed by atoms with Crippen LogP contribution < -0.4 is 0 Å². The quantitative estimate of drug-likeness (QED) is 0.416. The number of ether oxygens (including phenoxy) is 2. The van der Waals surface area contributed by atoms with Crippen molar-refractivity contribution in [1.29, 1.82) is 0 Å². The van der Waals surface area contributed by atoms with E-state index in [0.29, 0.717) is 13.0 Å². The summed E-state index contributed by atoms with van der Waals surface area (Å²) in [6.45, 7) is 4.53. The van der Waals surface area contributed by atoms with Crippen molar-refractivity contribution in [3.8, 4) is 0 Å². The summed E-state index contributed by atoms with van der Waals surface area (Å²) in [5, 5.41) is 0. The highest BCUT2D eigenvalue weighted by atomic mass is 16.6. The molecule has 1 aromatic rings. The summed E-state index contributed by atoms with van der Waals surface area (Å²) in [5.74, 6) is -0.448. The third-order valence-corrected chi connectivity index (χ3v) is 2.51. The number of hydrogen-bond donors (Lipinski definition) is 0. The second kappa shape index (κ2) is 13.6. The lowest BCUT2D eigenvalue weighted by atomic mass is 10.2. The Morgan fingerprint density at radius 2 is 1.60 bits per heavy atom. The molecule has 0 aromatic heterocycles. The summed E-state index contributed by atoms with van der Waals surface area (Å²) in [6.07, 6.45) is 2.69. The van der Waals surface area contributed by atoms with Crippen LogP contribution in [0, 0.1) is 0 Å². The van der Waals surface area contributed by atoms with Gasteiger partial charge in [0.05, 0.1) is 6.61 Å². The molecule has 0 aliphatic rings. The molecule has 0 saturated carbocycles.